The Bertz CT molecular complexity index is 2420. The van der Waals surface area contributed by atoms with Crippen LogP contribution in [0.2, 0.25) is 0 Å². The fourth-order valence-corrected chi connectivity index (χ4v) is 13.9. The van der Waals surface area contributed by atoms with Gasteiger partial charge in [0.2, 0.25) is 5.45 Å². The highest BCUT2D eigenvalue weighted by molar-refractivity contribution is 8.08. The summed E-state index contributed by atoms with van der Waals surface area (Å²) in [6.07, 6.45) is 2.18. The van der Waals surface area contributed by atoms with Crippen LogP contribution in [0, 0.1) is 0 Å². The van der Waals surface area contributed by atoms with Crippen molar-refractivity contribution < 1.29 is 4.21 Å². The lowest BCUT2D eigenvalue weighted by atomic mass is 9.13. The summed E-state index contributed by atoms with van der Waals surface area (Å²) in [6, 6.07) is 83.7. The Hall–Kier alpha value is -6.33. The van der Waals surface area contributed by atoms with Crippen LogP contribution >= 0.6 is 7.41 Å². The summed E-state index contributed by atoms with van der Waals surface area (Å²) in [5, 5.41) is 6.98. The molecule has 0 aliphatic heterocycles. The first-order valence-corrected chi connectivity index (χ1v) is 23.5. The third-order valence-electron chi connectivity index (χ3n) is 10.2. The second-order valence-electron chi connectivity index (χ2n) is 14.4. The topological polar surface area (TPSA) is 53.8 Å². The van der Waals surface area contributed by atoms with Crippen LogP contribution in [-0.2, 0) is 9.73 Å². The Morgan fingerprint density at radius 1 is 0.431 bits per heavy atom. The molecule has 0 aromatic heterocycles. The highest BCUT2D eigenvalue weighted by Gasteiger charge is 2.52. The predicted octanol–water partition coefficient (Wildman–Crippen LogP) is 8.84. The van der Waals surface area contributed by atoms with Crippen molar-refractivity contribution in [3.63, 3.8) is 0 Å². The van der Waals surface area contributed by atoms with Crippen LogP contribution in [-0.4, -0.2) is 28.3 Å². The van der Waals surface area contributed by atoms with Crippen LogP contribution in [0.3, 0.4) is 0 Å². The first kappa shape index (κ1) is 39.9. The van der Waals surface area contributed by atoms with Crippen molar-refractivity contribution in [2.45, 2.75) is 0 Å². The molecule has 0 aliphatic carbocycles. The maximum absolute atomic E-state index is 13.3. The quantitative estimate of drug-likeness (QED) is 0.0617. The van der Waals surface area contributed by atoms with Gasteiger partial charge in [0, 0.05) is 18.1 Å². The van der Waals surface area contributed by atoms with Gasteiger partial charge in [0.05, 0.1) is 15.4 Å². The molecular weight excluding hydrogens is 744 g/mol. The van der Waals surface area contributed by atoms with Crippen LogP contribution in [0.5, 0.6) is 0 Å². The zero-order chi connectivity index (χ0) is 40.1. The number of hydrazone groups is 1. The molecule has 58 heavy (non-hydrogen) atoms. The number of nitrogens with zero attached hydrogens (tertiary/aromatic N) is 2. The minimum atomic E-state index is -2.75. The number of anilines is 1. The molecule has 0 spiro atoms. The summed E-state index contributed by atoms with van der Waals surface area (Å²) in [5.41, 5.74) is 11.2. The van der Waals surface area contributed by atoms with Gasteiger partial charge in [-0.05, 0) is 48.5 Å². The molecule has 0 saturated heterocycles. The first-order valence-electron chi connectivity index (χ1n) is 19.4. The molecule has 8 aromatic rings. The molecule has 0 radical (unpaired) electrons. The van der Waals surface area contributed by atoms with Crippen LogP contribution in [0.1, 0.15) is 5.56 Å². The van der Waals surface area contributed by atoms with Gasteiger partial charge in [-0.1, -0.05) is 198 Å². The molecule has 0 aliphatic rings. The molecule has 0 atom stereocenters. The van der Waals surface area contributed by atoms with E-state index in [2.05, 4.69) is 151 Å². The lowest BCUT2D eigenvalue weighted by molar-refractivity contribution is 0.685. The Kier molecular flexibility index (Phi) is 12.9. The molecule has 4 nitrogen and oxygen atoms in total. The Balaban J connectivity index is 0.000000183. The van der Waals surface area contributed by atoms with E-state index in [-0.39, 0.29) is 0 Å². The van der Waals surface area contributed by atoms with Crippen LogP contribution in [0.25, 0.3) is 0 Å². The fourth-order valence-electron chi connectivity index (χ4n) is 7.77. The van der Waals surface area contributed by atoms with Gasteiger partial charge < -0.3 is 0 Å². The maximum atomic E-state index is 13.3. The van der Waals surface area contributed by atoms with Gasteiger partial charge in [-0.15, -0.1) is 5.10 Å². The molecule has 0 unspecified atom stereocenters. The van der Waals surface area contributed by atoms with E-state index in [1.54, 1.807) is 12.5 Å². The van der Waals surface area contributed by atoms with E-state index in [0.717, 1.165) is 27.3 Å². The van der Waals surface area contributed by atoms with Gasteiger partial charge >= 0.3 is 0 Å². The Labute approximate surface area is 344 Å². The third kappa shape index (κ3) is 8.95. The molecule has 0 fully saturated rings. The molecule has 8 aromatic carbocycles. The fraction of sp³-hybridized carbons (Fsp3) is 0.0392. The lowest BCUT2D eigenvalue weighted by Crippen LogP contribution is -2.74. The van der Waals surface area contributed by atoms with E-state index < -0.39 is 23.3 Å². The zero-order valence-electron chi connectivity index (χ0n) is 32.8. The third-order valence-corrected chi connectivity index (χ3v) is 15.8. The van der Waals surface area contributed by atoms with E-state index in [1.165, 1.54) is 21.9 Å². The predicted molar refractivity (Wildman–Crippen MR) is 255 cm³/mol. The average Bonchev–Trinajstić information content (AvgIpc) is 3.29. The molecule has 0 amide bonds. The molecule has 7 heteroatoms. The monoisotopic (exact) mass is 791 g/mol. The Morgan fingerprint density at radius 3 is 1.05 bits per heavy atom. The van der Waals surface area contributed by atoms with E-state index in [1.807, 2.05) is 97.1 Å². The summed E-state index contributed by atoms with van der Waals surface area (Å²) in [6.45, 7) is 0. The van der Waals surface area contributed by atoms with Gasteiger partial charge in [-0.25, -0.2) is 4.21 Å². The first-order chi connectivity index (χ1) is 28.4. The maximum Gasteiger partial charge on any atom is 0.261 e. The standard InChI is InChI=1S/C27H27N3OPS.C24H20B/c1-33(2,31)30-32(25-19-11-5-12-20-25,26-21-13-6-14-22-26)27(23-15-7-3-8-16-23)29-28-24-17-9-4-10-18-24;1-5-13-21(14-6-1)25(22-15-7-2-8-16-22,23-17-9-3-10-18-23)24-19-11-4-12-20-24/h3-22,28H,1-2H3;1-20H/q+1;-1/b29-27+;. The Morgan fingerprint density at radius 2 is 0.724 bits per heavy atom. The largest absolute Gasteiger partial charge is 0.275 e. The minimum Gasteiger partial charge on any atom is -0.275 e. The number of benzene rings is 8. The number of para-hydroxylation sites is 1. The summed E-state index contributed by atoms with van der Waals surface area (Å²) >= 11 is 0. The summed E-state index contributed by atoms with van der Waals surface area (Å²) in [4.78, 5) is 0. The second-order valence-corrected chi connectivity index (χ2v) is 20.1. The molecule has 0 bridgehead atoms. The van der Waals surface area contributed by atoms with E-state index in [9.17, 15) is 4.21 Å². The van der Waals surface area contributed by atoms with E-state index >= 15 is 0 Å². The van der Waals surface area contributed by atoms with Crippen LogP contribution in [0.4, 0.5) is 5.69 Å². The van der Waals surface area contributed by atoms with Crippen molar-refractivity contribution in [3.05, 3.63) is 248 Å². The highest BCUT2D eigenvalue weighted by atomic mass is 32.2. The normalized spacial score (nSPS) is 11.8. The number of hydrogen-bond acceptors (Lipinski definition) is 4. The zero-order valence-corrected chi connectivity index (χ0v) is 34.5. The van der Waals surface area contributed by atoms with Gasteiger partial charge in [-0.3, -0.25) is 5.43 Å². The van der Waals surface area contributed by atoms with Gasteiger partial charge in [-0.2, -0.15) is 21.9 Å². The van der Waals surface area contributed by atoms with E-state index in [0.29, 0.717) is 0 Å². The van der Waals surface area contributed by atoms with Gasteiger partial charge in [0.25, 0.3) is 7.41 Å². The highest BCUT2D eigenvalue weighted by Crippen LogP contribution is 2.61. The van der Waals surface area contributed by atoms with Crippen LogP contribution in [0.15, 0.2) is 252 Å². The lowest BCUT2D eigenvalue weighted by Gasteiger charge is -2.44. The average molecular weight is 792 g/mol. The molecule has 1 N–H and O–H groups in total. The van der Waals surface area contributed by atoms with Crippen molar-refractivity contribution in [2.75, 3.05) is 17.9 Å². The number of hydrogen-bond donors (Lipinski definition) is 1. The summed E-state index contributed by atoms with van der Waals surface area (Å²) in [5.74, 6) is 0. The van der Waals surface area contributed by atoms with Crippen molar-refractivity contribution in [1.29, 1.82) is 0 Å². The van der Waals surface area contributed by atoms with Gasteiger partial charge in [0.1, 0.15) is 16.8 Å². The molecule has 0 saturated carbocycles. The SMILES string of the molecule is CS(C)(=O)=N[P+](/C(=N/Nc1ccccc1)c1ccccc1)(c1ccccc1)c1ccccc1.c1ccc([B-](c2ccccc2)(c2ccccc2)c2ccccc2)cc1. The summed E-state index contributed by atoms with van der Waals surface area (Å²) in [7, 11) is -5.25. The number of nitrogens with one attached hydrogen (secondary N) is 1. The molecule has 286 valence electrons. The molecule has 0 heterocycles. The van der Waals surface area contributed by atoms with Gasteiger partial charge in [0.15, 0.2) is 0 Å². The minimum absolute atomic E-state index is 0.778. The molecular formula is C51H47BN3OPS. The van der Waals surface area contributed by atoms with Crippen molar-refractivity contribution in [1.82, 2.24) is 0 Å². The van der Waals surface area contributed by atoms with Crippen LogP contribution < -0.4 is 37.9 Å². The van der Waals surface area contributed by atoms with E-state index in [4.69, 9.17) is 9.23 Å². The summed E-state index contributed by atoms with van der Waals surface area (Å²) < 4.78 is 18.5. The smallest absolute Gasteiger partial charge is 0.261 e. The van der Waals surface area contributed by atoms with Crippen molar-refractivity contribution in [2.24, 2.45) is 9.23 Å². The second kappa shape index (κ2) is 18.7. The number of rotatable bonds is 11. The van der Waals surface area contributed by atoms with Crippen molar-refractivity contribution >= 4 is 66.9 Å². The van der Waals surface area contributed by atoms with Crippen molar-refractivity contribution in [3.8, 4) is 0 Å². The molecule has 8 rings (SSSR count).